The molecule has 0 unspecified atom stereocenters. The minimum atomic E-state index is 0.787. The highest BCUT2D eigenvalue weighted by molar-refractivity contribution is 9.09. The standard InChI is InChI=1S/C13H17BrO/c1-3-8-15-13-6-4-12(5-7-13)9-11(2)10-14/h4-7,9H,3,8,10H2,1-2H3. The lowest BCUT2D eigenvalue weighted by Gasteiger charge is -2.04. The van der Waals surface area contributed by atoms with Crippen LogP contribution in [-0.2, 0) is 0 Å². The minimum absolute atomic E-state index is 0.787. The highest BCUT2D eigenvalue weighted by Crippen LogP contribution is 2.15. The normalized spacial score (nSPS) is 11.5. The molecule has 1 rings (SSSR count). The van der Waals surface area contributed by atoms with Crippen molar-refractivity contribution >= 4 is 22.0 Å². The molecule has 0 aliphatic rings. The number of hydrogen-bond donors (Lipinski definition) is 0. The Bertz CT molecular complexity index is 314. The number of alkyl halides is 1. The first-order valence-corrected chi connectivity index (χ1v) is 6.34. The summed E-state index contributed by atoms with van der Waals surface area (Å²) in [5, 5.41) is 0.918. The van der Waals surface area contributed by atoms with Gasteiger partial charge in [-0.05, 0) is 31.0 Å². The van der Waals surface area contributed by atoms with Gasteiger partial charge in [-0.15, -0.1) is 0 Å². The van der Waals surface area contributed by atoms with Crippen LogP contribution in [0.2, 0.25) is 0 Å². The SMILES string of the molecule is CCCOc1ccc(C=C(C)CBr)cc1. The zero-order valence-electron chi connectivity index (χ0n) is 9.29. The molecule has 1 aromatic carbocycles. The molecule has 82 valence electrons. The van der Waals surface area contributed by atoms with E-state index >= 15 is 0 Å². The van der Waals surface area contributed by atoms with Crippen molar-refractivity contribution in [2.24, 2.45) is 0 Å². The molecule has 2 heteroatoms. The molecule has 0 bridgehead atoms. The Hall–Kier alpha value is -0.760. The summed E-state index contributed by atoms with van der Waals surface area (Å²) in [6.07, 6.45) is 3.21. The van der Waals surface area contributed by atoms with E-state index in [9.17, 15) is 0 Å². The van der Waals surface area contributed by atoms with Gasteiger partial charge in [0.25, 0.3) is 0 Å². The predicted molar refractivity (Wildman–Crippen MR) is 69.7 cm³/mol. The lowest BCUT2D eigenvalue weighted by atomic mass is 10.1. The molecule has 0 N–H and O–H groups in total. The van der Waals surface area contributed by atoms with Crippen LogP contribution in [0.4, 0.5) is 0 Å². The van der Waals surface area contributed by atoms with Crippen LogP contribution in [0.25, 0.3) is 6.08 Å². The summed E-state index contributed by atoms with van der Waals surface area (Å²) in [5.74, 6) is 0.950. The van der Waals surface area contributed by atoms with Gasteiger partial charge < -0.3 is 4.74 Å². The average molecular weight is 269 g/mol. The van der Waals surface area contributed by atoms with E-state index < -0.39 is 0 Å². The van der Waals surface area contributed by atoms with E-state index in [1.54, 1.807) is 0 Å². The average Bonchev–Trinajstić information content (AvgIpc) is 2.28. The smallest absolute Gasteiger partial charge is 0.119 e. The molecular formula is C13H17BrO. The maximum absolute atomic E-state index is 5.51. The molecule has 0 heterocycles. The van der Waals surface area contributed by atoms with Crippen LogP contribution >= 0.6 is 15.9 Å². The number of benzene rings is 1. The molecule has 0 saturated carbocycles. The van der Waals surface area contributed by atoms with Crippen LogP contribution in [0.3, 0.4) is 0 Å². The lowest BCUT2D eigenvalue weighted by molar-refractivity contribution is 0.317. The van der Waals surface area contributed by atoms with Crippen LogP contribution in [0.5, 0.6) is 5.75 Å². The highest BCUT2D eigenvalue weighted by Gasteiger charge is 1.93. The van der Waals surface area contributed by atoms with Gasteiger partial charge in [0.15, 0.2) is 0 Å². The Morgan fingerprint density at radius 1 is 1.33 bits per heavy atom. The van der Waals surface area contributed by atoms with Crippen LogP contribution < -0.4 is 4.74 Å². The summed E-state index contributed by atoms with van der Waals surface area (Å²) in [4.78, 5) is 0. The second-order valence-electron chi connectivity index (χ2n) is 3.54. The zero-order valence-corrected chi connectivity index (χ0v) is 10.9. The second-order valence-corrected chi connectivity index (χ2v) is 4.10. The fraction of sp³-hybridized carbons (Fsp3) is 0.385. The van der Waals surface area contributed by atoms with E-state index in [2.05, 4.69) is 48.0 Å². The molecule has 0 atom stereocenters. The Balaban J connectivity index is 2.64. The van der Waals surface area contributed by atoms with E-state index in [-0.39, 0.29) is 0 Å². The second kappa shape index (κ2) is 6.67. The van der Waals surface area contributed by atoms with Gasteiger partial charge in [-0.2, -0.15) is 0 Å². The number of allylic oxidation sites excluding steroid dienone is 1. The van der Waals surface area contributed by atoms with E-state index in [0.717, 1.165) is 24.1 Å². The minimum Gasteiger partial charge on any atom is -0.494 e. The molecule has 15 heavy (non-hydrogen) atoms. The Kier molecular flexibility index (Phi) is 5.48. The van der Waals surface area contributed by atoms with Gasteiger partial charge in [-0.3, -0.25) is 0 Å². The summed E-state index contributed by atoms with van der Waals surface area (Å²) < 4.78 is 5.51. The first kappa shape index (κ1) is 12.3. The van der Waals surface area contributed by atoms with Crippen molar-refractivity contribution < 1.29 is 4.74 Å². The molecule has 0 saturated heterocycles. The van der Waals surface area contributed by atoms with Crippen LogP contribution in [0.15, 0.2) is 29.8 Å². The van der Waals surface area contributed by atoms with Gasteiger partial charge in [-0.1, -0.05) is 46.6 Å². The molecule has 0 aliphatic heterocycles. The van der Waals surface area contributed by atoms with Crippen molar-refractivity contribution in [3.63, 3.8) is 0 Å². The number of halogens is 1. The summed E-state index contributed by atoms with van der Waals surface area (Å²) >= 11 is 3.43. The third kappa shape index (κ3) is 4.52. The molecule has 0 aliphatic carbocycles. The van der Waals surface area contributed by atoms with Crippen molar-refractivity contribution in [2.45, 2.75) is 20.3 Å². The van der Waals surface area contributed by atoms with Crippen molar-refractivity contribution in [2.75, 3.05) is 11.9 Å². The van der Waals surface area contributed by atoms with E-state index in [4.69, 9.17) is 4.74 Å². The number of hydrogen-bond acceptors (Lipinski definition) is 1. The van der Waals surface area contributed by atoms with Crippen LogP contribution in [0.1, 0.15) is 25.8 Å². The molecule has 0 radical (unpaired) electrons. The molecule has 1 nitrogen and oxygen atoms in total. The Morgan fingerprint density at radius 3 is 2.53 bits per heavy atom. The zero-order chi connectivity index (χ0) is 11.1. The largest absolute Gasteiger partial charge is 0.494 e. The van der Waals surface area contributed by atoms with Crippen molar-refractivity contribution in [1.82, 2.24) is 0 Å². The van der Waals surface area contributed by atoms with Crippen LogP contribution in [0, 0.1) is 0 Å². The number of rotatable bonds is 5. The molecule has 0 spiro atoms. The van der Waals surface area contributed by atoms with Crippen molar-refractivity contribution in [1.29, 1.82) is 0 Å². The van der Waals surface area contributed by atoms with E-state index in [1.807, 2.05) is 12.1 Å². The van der Waals surface area contributed by atoms with Gasteiger partial charge in [0.05, 0.1) is 6.61 Å². The summed E-state index contributed by atoms with van der Waals surface area (Å²) in [5.41, 5.74) is 2.54. The van der Waals surface area contributed by atoms with E-state index in [0.29, 0.717) is 0 Å². The topological polar surface area (TPSA) is 9.23 Å². The van der Waals surface area contributed by atoms with Gasteiger partial charge >= 0.3 is 0 Å². The van der Waals surface area contributed by atoms with E-state index in [1.165, 1.54) is 11.1 Å². The van der Waals surface area contributed by atoms with Crippen LogP contribution in [-0.4, -0.2) is 11.9 Å². The summed E-state index contributed by atoms with van der Waals surface area (Å²) in [6, 6.07) is 8.19. The number of ether oxygens (including phenoxy) is 1. The van der Waals surface area contributed by atoms with Gasteiger partial charge in [0.2, 0.25) is 0 Å². The summed E-state index contributed by atoms with van der Waals surface area (Å²) in [6.45, 7) is 5.00. The molecule has 0 fully saturated rings. The lowest BCUT2D eigenvalue weighted by Crippen LogP contribution is -1.94. The van der Waals surface area contributed by atoms with Crippen molar-refractivity contribution in [3.05, 3.63) is 35.4 Å². The third-order valence-corrected chi connectivity index (χ3v) is 2.86. The monoisotopic (exact) mass is 268 g/mol. The quantitative estimate of drug-likeness (QED) is 0.725. The fourth-order valence-electron chi connectivity index (χ4n) is 1.20. The van der Waals surface area contributed by atoms with Gasteiger partial charge in [0.1, 0.15) is 5.75 Å². The molecule has 0 amide bonds. The maximum Gasteiger partial charge on any atom is 0.119 e. The Labute approximate surface area is 100 Å². The first-order valence-electron chi connectivity index (χ1n) is 5.22. The first-order chi connectivity index (χ1) is 7.26. The Morgan fingerprint density at radius 2 is 2.00 bits per heavy atom. The highest BCUT2D eigenvalue weighted by atomic mass is 79.9. The molecular weight excluding hydrogens is 252 g/mol. The third-order valence-electron chi connectivity index (χ3n) is 1.98. The predicted octanol–water partition coefficient (Wildman–Crippen LogP) is 4.27. The molecule has 1 aromatic rings. The maximum atomic E-state index is 5.51. The molecule has 0 aromatic heterocycles. The van der Waals surface area contributed by atoms with Crippen molar-refractivity contribution in [3.8, 4) is 5.75 Å². The fourth-order valence-corrected chi connectivity index (χ4v) is 1.37. The summed E-state index contributed by atoms with van der Waals surface area (Å²) in [7, 11) is 0. The van der Waals surface area contributed by atoms with Gasteiger partial charge in [-0.25, -0.2) is 0 Å². The van der Waals surface area contributed by atoms with Gasteiger partial charge in [0, 0.05) is 5.33 Å².